The molecule has 0 radical (unpaired) electrons. The van der Waals surface area contributed by atoms with Crippen molar-refractivity contribution in [1.29, 1.82) is 0 Å². The highest BCUT2D eigenvalue weighted by molar-refractivity contribution is 5.95. The number of methoxy groups -OCH3 is 1. The van der Waals surface area contributed by atoms with Gasteiger partial charge in [-0.15, -0.1) is 0 Å². The summed E-state index contributed by atoms with van der Waals surface area (Å²) in [4.78, 5) is 12.5. The van der Waals surface area contributed by atoms with Crippen molar-refractivity contribution in [2.24, 2.45) is 0 Å². The molecule has 6 nitrogen and oxygen atoms in total. The monoisotopic (exact) mass is 359 g/mol. The molecule has 140 valence electrons. The zero-order chi connectivity index (χ0) is 18.8. The number of rotatable bonds is 10. The zero-order valence-electron chi connectivity index (χ0n) is 15.4. The molecule has 0 spiro atoms. The molecular formula is C20H25NO5. The van der Waals surface area contributed by atoms with E-state index in [9.17, 15) is 4.79 Å². The van der Waals surface area contributed by atoms with E-state index in [0.29, 0.717) is 42.8 Å². The first-order chi connectivity index (χ1) is 12.7. The molecule has 0 aliphatic carbocycles. The number of nitrogens with one attached hydrogen (secondary N) is 1. The van der Waals surface area contributed by atoms with Crippen molar-refractivity contribution < 1.29 is 23.7 Å². The van der Waals surface area contributed by atoms with Crippen LogP contribution < -0.4 is 19.5 Å². The first-order valence-electron chi connectivity index (χ1n) is 8.55. The molecule has 0 aliphatic heterocycles. The van der Waals surface area contributed by atoms with E-state index in [1.54, 1.807) is 38.3 Å². The van der Waals surface area contributed by atoms with Crippen molar-refractivity contribution in [3.05, 3.63) is 48.5 Å². The van der Waals surface area contributed by atoms with Gasteiger partial charge in [-0.3, -0.25) is 4.79 Å². The molecule has 2 aromatic rings. The first-order valence-corrected chi connectivity index (χ1v) is 8.55. The normalized spacial score (nSPS) is 11.5. The lowest BCUT2D eigenvalue weighted by Gasteiger charge is -2.18. The highest BCUT2D eigenvalue weighted by atomic mass is 16.5. The van der Waals surface area contributed by atoms with Crippen molar-refractivity contribution in [2.45, 2.75) is 20.0 Å². The number of hydrogen-bond acceptors (Lipinski definition) is 5. The van der Waals surface area contributed by atoms with Gasteiger partial charge in [-0.25, -0.2) is 0 Å². The van der Waals surface area contributed by atoms with E-state index < -0.39 is 6.10 Å². The Morgan fingerprint density at radius 3 is 2.35 bits per heavy atom. The molecular weight excluding hydrogens is 334 g/mol. The molecule has 0 saturated carbocycles. The van der Waals surface area contributed by atoms with Gasteiger partial charge in [0, 0.05) is 6.61 Å². The molecule has 1 N–H and O–H groups in total. The van der Waals surface area contributed by atoms with Crippen LogP contribution in [0.25, 0.3) is 0 Å². The van der Waals surface area contributed by atoms with Crippen molar-refractivity contribution in [3.8, 4) is 17.2 Å². The van der Waals surface area contributed by atoms with Gasteiger partial charge in [-0.05, 0) is 38.1 Å². The van der Waals surface area contributed by atoms with E-state index in [-0.39, 0.29) is 5.91 Å². The molecule has 0 saturated heterocycles. The third-order valence-corrected chi connectivity index (χ3v) is 3.58. The summed E-state index contributed by atoms with van der Waals surface area (Å²) in [6.07, 6.45) is -0.706. The van der Waals surface area contributed by atoms with Crippen LogP contribution in [0.1, 0.15) is 13.8 Å². The first kappa shape index (κ1) is 19.6. The number of para-hydroxylation sites is 4. The van der Waals surface area contributed by atoms with E-state index in [1.165, 1.54) is 0 Å². The Morgan fingerprint density at radius 1 is 1.00 bits per heavy atom. The van der Waals surface area contributed by atoms with Gasteiger partial charge in [-0.1, -0.05) is 24.3 Å². The fraction of sp³-hybridized carbons (Fsp3) is 0.350. The van der Waals surface area contributed by atoms with Gasteiger partial charge in [0.05, 0.1) is 19.4 Å². The molecule has 1 amide bonds. The Kier molecular flexibility index (Phi) is 7.76. The second-order valence-corrected chi connectivity index (χ2v) is 5.44. The summed E-state index contributed by atoms with van der Waals surface area (Å²) in [5.41, 5.74) is 0.587. The summed E-state index contributed by atoms with van der Waals surface area (Å²) in [7, 11) is 1.56. The predicted molar refractivity (Wildman–Crippen MR) is 100 cm³/mol. The van der Waals surface area contributed by atoms with Crippen LogP contribution in [-0.4, -0.2) is 38.9 Å². The Balaban J connectivity index is 1.98. The third kappa shape index (κ3) is 5.67. The third-order valence-electron chi connectivity index (χ3n) is 3.58. The van der Waals surface area contributed by atoms with Gasteiger partial charge in [-0.2, -0.15) is 0 Å². The minimum atomic E-state index is -0.706. The number of ether oxygens (including phenoxy) is 4. The Hall–Kier alpha value is -2.73. The fourth-order valence-electron chi connectivity index (χ4n) is 2.25. The van der Waals surface area contributed by atoms with Crippen LogP contribution in [0.3, 0.4) is 0 Å². The van der Waals surface area contributed by atoms with Gasteiger partial charge in [0.2, 0.25) is 0 Å². The molecule has 0 aromatic heterocycles. The largest absolute Gasteiger partial charge is 0.493 e. The summed E-state index contributed by atoms with van der Waals surface area (Å²) in [5.74, 6) is 1.40. The van der Waals surface area contributed by atoms with Crippen molar-refractivity contribution >= 4 is 11.6 Å². The highest BCUT2D eigenvalue weighted by Gasteiger charge is 2.18. The second-order valence-electron chi connectivity index (χ2n) is 5.44. The number of carbonyl (C=O) groups excluding carboxylic acids is 1. The van der Waals surface area contributed by atoms with Crippen LogP contribution in [0, 0.1) is 0 Å². The lowest BCUT2D eigenvalue weighted by Crippen LogP contribution is -2.30. The molecule has 1 unspecified atom stereocenters. The number of anilines is 1. The lowest BCUT2D eigenvalue weighted by atomic mass is 10.2. The van der Waals surface area contributed by atoms with E-state index >= 15 is 0 Å². The van der Waals surface area contributed by atoms with Crippen LogP contribution in [-0.2, 0) is 9.53 Å². The van der Waals surface area contributed by atoms with E-state index in [0.717, 1.165) is 0 Å². The lowest BCUT2D eigenvalue weighted by molar-refractivity contribution is -0.122. The Morgan fingerprint density at radius 2 is 1.65 bits per heavy atom. The van der Waals surface area contributed by atoms with Gasteiger partial charge in [0.1, 0.15) is 12.4 Å². The average molecular weight is 359 g/mol. The molecule has 6 heteroatoms. The van der Waals surface area contributed by atoms with Gasteiger partial charge in [0.25, 0.3) is 5.91 Å². The second kappa shape index (κ2) is 10.3. The standard InChI is InChI=1S/C20H25NO5/c1-4-24-13-14-25-17-10-6-5-9-16(17)21-20(22)15(2)26-19-12-8-7-11-18(19)23-3/h5-12,15H,4,13-14H2,1-3H3,(H,21,22). The minimum absolute atomic E-state index is 0.281. The van der Waals surface area contributed by atoms with Crippen LogP contribution in [0.4, 0.5) is 5.69 Å². The Labute approximate surface area is 154 Å². The maximum absolute atomic E-state index is 12.5. The van der Waals surface area contributed by atoms with Crippen molar-refractivity contribution in [3.63, 3.8) is 0 Å². The van der Waals surface area contributed by atoms with E-state index in [4.69, 9.17) is 18.9 Å². The maximum Gasteiger partial charge on any atom is 0.265 e. The van der Waals surface area contributed by atoms with Gasteiger partial charge < -0.3 is 24.3 Å². The summed E-state index contributed by atoms with van der Waals surface area (Å²) in [6.45, 7) is 5.15. The molecule has 26 heavy (non-hydrogen) atoms. The summed E-state index contributed by atoms with van der Waals surface area (Å²) in [5, 5.41) is 2.84. The number of carbonyl (C=O) groups is 1. The minimum Gasteiger partial charge on any atom is -0.493 e. The molecule has 1 atom stereocenters. The zero-order valence-corrected chi connectivity index (χ0v) is 15.4. The molecule has 0 fully saturated rings. The number of hydrogen-bond donors (Lipinski definition) is 1. The van der Waals surface area contributed by atoms with Crippen molar-refractivity contribution in [1.82, 2.24) is 0 Å². The van der Waals surface area contributed by atoms with E-state index in [1.807, 2.05) is 31.2 Å². The van der Waals surface area contributed by atoms with E-state index in [2.05, 4.69) is 5.32 Å². The summed E-state index contributed by atoms with van der Waals surface area (Å²) in [6, 6.07) is 14.5. The molecule has 0 heterocycles. The average Bonchev–Trinajstić information content (AvgIpc) is 2.66. The molecule has 0 bridgehead atoms. The topological polar surface area (TPSA) is 66.0 Å². The highest BCUT2D eigenvalue weighted by Crippen LogP contribution is 2.28. The summed E-state index contributed by atoms with van der Waals surface area (Å²) >= 11 is 0. The predicted octanol–water partition coefficient (Wildman–Crippen LogP) is 3.52. The SMILES string of the molecule is CCOCCOc1ccccc1NC(=O)C(C)Oc1ccccc1OC. The van der Waals surface area contributed by atoms with Gasteiger partial charge >= 0.3 is 0 Å². The van der Waals surface area contributed by atoms with Gasteiger partial charge in [0.15, 0.2) is 17.6 Å². The maximum atomic E-state index is 12.5. The van der Waals surface area contributed by atoms with Crippen LogP contribution in [0.5, 0.6) is 17.2 Å². The van der Waals surface area contributed by atoms with Crippen molar-refractivity contribution in [2.75, 3.05) is 32.2 Å². The molecule has 2 rings (SSSR count). The molecule has 0 aliphatic rings. The molecule has 2 aromatic carbocycles. The fourth-order valence-corrected chi connectivity index (χ4v) is 2.25. The van der Waals surface area contributed by atoms with Crippen LogP contribution >= 0.6 is 0 Å². The quantitative estimate of drug-likeness (QED) is 0.658. The summed E-state index contributed by atoms with van der Waals surface area (Å²) < 4.78 is 21.9. The number of benzene rings is 2. The van der Waals surface area contributed by atoms with Crippen LogP contribution in [0.15, 0.2) is 48.5 Å². The Bertz CT molecular complexity index is 704. The number of amides is 1. The smallest absolute Gasteiger partial charge is 0.265 e. The van der Waals surface area contributed by atoms with Crippen LogP contribution in [0.2, 0.25) is 0 Å².